The van der Waals surface area contributed by atoms with Gasteiger partial charge in [-0.25, -0.2) is 4.98 Å². The predicted octanol–water partition coefficient (Wildman–Crippen LogP) is 4.89. The van der Waals surface area contributed by atoms with Gasteiger partial charge in [-0.05, 0) is 62.1 Å². The number of aromatic nitrogens is 1. The van der Waals surface area contributed by atoms with E-state index in [9.17, 15) is 4.79 Å². The molecule has 154 valence electrons. The van der Waals surface area contributed by atoms with E-state index in [-0.39, 0.29) is 5.91 Å². The van der Waals surface area contributed by atoms with Crippen LogP contribution in [0.25, 0.3) is 11.5 Å². The molecule has 0 bridgehead atoms. The van der Waals surface area contributed by atoms with E-state index < -0.39 is 0 Å². The Morgan fingerprint density at radius 2 is 1.90 bits per heavy atom. The summed E-state index contributed by atoms with van der Waals surface area (Å²) in [6, 6.07) is 16.4. The van der Waals surface area contributed by atoms with Crippen molar-refractivity contribution in [2.75, 3.05) is 11.4 Å². The van der Waals surface area contributed by atoms with Gasteiger partial charge in [0.15, 0.2) is 0 Å². The fraction of sp³-hybridized carbons (Fsp3) is 0.360. The zero-order valence-electron chi connectivity index (χ0n) is 17.4. The number of oxazole rings is 1. The van der Waals surface area contributed by atoms with Crippen LogP contribution in [0.3, 0.4) is 0 Å². The van der Waals surface area contributed by atoms with Crippen molar-refractivity contribution in [1.29, 1.82) is 0 Å². The third-order valence-electron chi connectivity index (χ3n) is 6.30. The van der Waals surface area contributed by atoms with Crippen molar-refractivity contribution in [3.05, 3.63) is 71.1 Å². The molecule has 2 heterocycles. The number of nitrogens with zero attached hydrogens (tertiary/aromatic N) is 2. The number of rotatable bonds is 5. The molecule has 0 unspecified atom stereocenters. The van der Waals surface area contributed by atoms with Crippen LogP contribution in [0.2, 0.25) is 0 Å². The molecule has 1 aliphatic carbocycles. The Labute approximate surface area is 177 Å². The second-order valence-electron chi connectivity index (χ2n) is 8.35. The molecule has 30 heavy (non-hydrogen) atoms. The zero-order chi connectivity index (χ0) is 20.5. The number of hydrogen-bond acceptors (Lipinski definition) is 4. The minimum atomic E-state index is 0.00502. The highest BCUT2D eigenvalue weighted by molar-refractivity contribution is 5.94. The first-order chi connectivity index (χ1) is 14.7. The number of anilines is 1. The third kappa shape index (κ3) is 3.72. The normalized spacial score (nSPS) is 16.1. The number of carbonyl (C=O) groups excluding carboxylic acids is 1. The van der Waals surface area contributed by atoms with Crippen molar-refractivity contribution < 1.29 is 9.21 Å². The topological polar surface area (TPSA) is 58.4 Å². The molecule has 2 aliphatic rings. The number of benzene rings is 2. The number of nitrogens with one attached hydrogen (secondary N) is 1. The molecule has 0 atom stereocenters. The highest BCUT2D eigenvalue weighted by atomic mass is 16.4. The number of carbonyl (C=O) groups is 1. The lowest BCUT2D eigenvalue weighted by atomic mass is 10.1. The van der Waals surface area contributed by atoms with E-state index in [1.165, 1.54) is 24.1 Å². The Morgan fingerprint density at radius 3 is 2.70 bits per heavy atom. The van der Waals surface area contributed by atoms with Gasteiger partial charge in [0.25, 0.3) is 5.91 Å². The van der Waals surface area contributed by atoms with Gasteiger partial charge in [-0.3, -0.25) is 4.79 Å². The summed E-state index contributed by atoms with van der Waals surface area (Å²) >= 11 is 0. The first-order valence-electron chi connectivity index (χ1n) is 10.9. The van der Waals surface area contributed by atoms with Crippen LogP contribution in [-0.4, -0.2) is 23.5 Å². The average molecular weight is 402 g/mol. The molecule has 5 nitrogen and oxygen atoms in total. The summed E-state index contributed by atoms with van der Waals surface area (Å²) < 4.78 is 5.97. The highest BCUT2D eigenvalue weighted by Gasteiger charge is 2.22. The molecule has 1 saturated carbocycles. The number of hydrogen-bond donors (Lipinski definition) is 1. The van der Waals surface area contributed by atoms with Crippen molar-refractivity contribution in [3.63, 3.8) is 0 Å². The van der Waals surface area contributed by atoms with Crippen molar-refractivity contribution in [1.82, 2.24) is 10.3 Å². The fourth-order valence-corrected chi connectivity index (χ4v) is 4.55. The molecule has 2 aromatic carbocycles. The van der Waals surface area contributed by atoms with Gasteiger partial charge in [-0.2, -0.15) is 0 Å². The van der Waals surface area contributed by atoms with Gasteiger partial charge in [-0.15, -0.1) is 0 Å². The standard InChI is InChI=1S/C25H27N3O2/c1-17-22(16-28-15-14-18-6-2-5-9-23(18)28)27-25(30-17)20-12-10-19(11-13-20)24(29)26-21-7-3-4-8-21/h2,5-6,9-13,21H,3-4,7-8,14-16H2,1H3,(H,26,29). The third-order valence-corrected chi connectivity index (χ3v) is 6.30. The van der Waals surface area contributed by atoms with E-state index in [1.54, 1.807) is 0 Å². The van der Waals surface area contributed by atoms with Crippen molar-refractivity contribution in [2.45, 2.75) is 51.6 Å². The summed E-state index contributed by atoms with van der Waals surface area (Å²) in [6.45, 7) is 3.72. The number of amides is 1. The molecule has 5 rings (SSSR count). The molecule has 1 N–H and O–H groups in total. The lowest BCUT2D eigenvalue weighted by Gasteiger charge is -2.17. The van der Waals surface area contributed by atoms with Gasteiger partial charge in [-0.1, -0.05) is 31.0 Å². The van der Waals surface area contributed by atoms with Gasteiger partial charge in [0.05, 0.1) is 6.54 Å². The van der Waals surface area contributed by atoms with Gasteiger partial charge < -0.3 is 14.6 Å². The van der Waals surface area contributed by atoms with Gasteiger partial charge in [0.2, 0.25) is 5.89 Å². The van der Waals surface area contributed by atoms with E-state index in [2.05, 4.69) is 34.5 Å². The Morgan fingerprint density at radius 1 is 1.13 bits per heavy atom. The minimum Gasteiger partial charge on any atom is -0.441 e. The number of para-hydroxylation sites is 1. The van der Waals surface area contributed by atoms with E-state index in [0.29, 0.717) is 17.5 Å². The first kappa shape index (κ1) is 18.9. The summed E-state index contributed by atoms with van der Waals surface area (Å²) in [5.41, 5.74) is 5.22. The molecule has 1 aliphatic heterocycles. The number of aryl methyl sites for hydroxylation is 1. The van der Waals surface area contributed by atoms with E-state index >= 15 is 0 Å². The lowest BCUT2D eigenvalue weighted by Crippen LogP contribution is -2.32. The van der Waals surface area contributed by atoms with Crippen LogP contribution in [0.4, 0.5) is 5.69 Å². The molecule has 0 spiro atoms. The predicted molar refractivity (Wildman–Crippen MR) is 118 cm³/mol. The van der Waals surface area contributed by atoms with Gasteiger partial charge >= 0.3 is 0 Å². The first-order valence-corrected chi connectivity index (χ1v) is 10.9. The van der Waals surface area contributed by atoms with Crippen LogP contribution in [0.5, 0.6) is 0 Å². The largest absolute Gasteiger partial charge is 0.441 e. The van der Waals surface area contributed by atoms with E-state index in [0.717, 1.165) is 49.4 Å². The maximum Gasteiger partial charge on any atom is 0.251 e. The maximum atomic E-state index is 12.4. The smallest absolute Gasteiger partial charge is 0.251 e. The summed E-state index contributed by atoms with van der Waals surface area (Å²) in [4.78, 5) is 19.6. The SMILES string of the molecule is Cc1oc(-c2ccc(C(=O)NC3CCCC3)cc2)nc1CN1CCc2ccccc21. The molecular weight excluding hydrogens is 374 g/mol. The summed E-state index contributed by atoms with van der Waals surface area (Å²) in [7, 11) is 0. The molecule has 1 aromatic heterocycles. The molecule has 1 fully saturated rings. The summed E-state index contributed by atoms with van der Waals surface area (Å²) in [6.07, 6.45) is 5.66. The molecular formula is C25H27N3O2. The zero-order valence-corrected chi connectivity index (χ0v) is 17.4. The summed E-state index contributed by atoms with van der Waals surface area (Å²) in [5.74, 6) is 1.46. The second-order valence-corrected chi connectivity index (χ2v) is 8.35. The average Bonchev–Trinajstić information content (AvgIpc) is 3.50. The Bertz CT molecular complexity index is 1050. The van der Waals surface area contributed by atoms with Crippen molar-refractivity contribution >= 4 is 11.6 Å². The van der Waals surface area contributed by atoms with Crippen LogP contribution < -0.4 is 10.2 Å². The van der Waals surface area contributed by atoms with Crippen LogP contribution >= 0.6 is 0 Å². The summed E-state index contributed by atoms with van der Waals surface area (Å²) in [5, 5.41) is 3.13. The van der Waals surface area contributed by atoms with Crippen LogP contribution in [-0.2, 0) is 13.0 Å². The Kier molecular flexibility index (Phi) is 5.03. The molecule has 5 heteroatoms. The monoisotopic (exact) mass is 401 g/mol. The molecule has 3 aromatic rings. The van der Waals surface area contributed by atoms with Crippen LogP contribution in [0.15, 0.2) is 52.9 Å². The molecule has 0 saturated heterocycles. The Hall–Kier alpha value is -3.08. The lowest BCUT2D eigenvalue weighted by molar-refractivity contribution is 0.0938. The van der Waals surface area contributed by atoms with E-state index in [4.69, 9.17) is 9.40 Å². The van der Waals surface area contributed by atoms with Crippen molar-refractivity contribution in [3.8, 4) is 11.5 Å². The van der Waals surface area contributed by atoms with Crippen molar-refractivity contribution in [2.24, 2.45) is 0 Å². The quantitative estimate of drug-likeness (QED) is 0.662. The maximum absolute atomic E-state index is 12.4. The Balaban J connectivity index is 1.29. The van der Waals surface area contributed by atoms with Crippen LogP contribution in [0, 0.1) is 6.92 Å². The highest BCUT2D eigenvalue weighted by Crippen LogP contribution is 2.30. The molecule has 1 amide bonds. The number of fused-ring (bicyclic) bond motifs is 1. The van der Waals surface area contributed by atoms with Crippen LogP contribution in [0.1, 0.15) is 53.1 Å². The molecule has 0 radical (unpaired) electrons. The van der Waals surface area contributed by atoms with Gasteiger partial charge in [0.1, 0.15) is 11.5 Å². The fourth-order valence-electron chi connectivity index (χ4n) is 4.55. The van der Waals surface area contributed by atoms with Gasteiger partial charge in [0, 0.05) is 29.4 Å². The second kappa shape index (κ2) is 7.98. The minimum absolute atomic E-state index is 0.00502. The van der Waals surface area contributed by atoms with E-state index in [1.807, 2.05) is 31.2 Å².